The third kappa shape index (κ3) is 3.57. The Kier molecular flexibility index (Phi) is 5.21. The quantitative estimate of drug-likeness (QED) is 0.318. The van der Waals surface area contributed by atoms with Crippen LogP contribution in [0.2, 0.25) is 0 Å². The largest absolute Gasteiger partial charge is 0.454 e. The van der Waals surface area contributed by atoms with Crippen LogP contribution in [0.25, 0.3) is 11.3 Å². The van der Waals surface area contributed by atoms with Crippen molar-refractivity contribution in [1.29, 1.82) is 0 Å². The molecular weight excluding hydrogens is 450 g/mol. The number of ether oxygens (including phenoxy) is 3. The summed E-state index contributed by atoms with van der Waals surface area (Å²) >= 11 is 1.37. The van der Waals surface area contributed by atoms with Crippen LogP contribution < -0.4 is 19.1 Å². The molecule has 0 aliphatic carbocycles. The number of aromatic nitrogens is 3. The Balaban J connectivity index is 1.77. The Hall–Kier alpha value is -3.93. The third-order valence-electron chi connectivity index (χ3n) is 5.11. The summed E-state index contributed by atoms with van der Waals surface area (Å²) in [5, 5.41) is 20.8. The van der Waals surface area contributed by atoms with Crippen molar-refractivity contribution in [3.05, 3.63) is 52.1 Å². The minimum absolute atomic E-state index is 0.0572. The van der Waals surface area contributed by atoms with Gasteiger partial charge in [-0.15, -0.1) is 10.2 Å². The number of hydrogen-bond donors (Lipinski definition) is 0. The van der Waals surface area contributed by atoms with Gasteiger partial charge in [-0.25, -0.2) is 0 Å². The summed E-state index contributed by atoms with van der Waals surface area (Å²) < 4.78 is 17.0. The normalized spacial score (nSPS) is 15.8. The molecule has 5 rings (SSSR count). The maximum Gasteiger partial charge on any atom is 0.282 e. The maximum absolute atomic E-state index is 12.9. The van der Waals surface area contributed by atoms with Gasteiger partial charge in [-0.05, 0) is 17.9 Å². The molecule has 0 radical (unpaired) electrons. The average Bonchev–Trinajstić information content (AvgIpc) is 3.20. The fraction of sp³-hybridized carbons (Fsp3) is 0.238. The molecule has 1 amide bonds. The molecule has 2 aliphatic heterocycles. The lowest BCUT2D eigenvalue weighted by molar-refractivity contribution is -0.386. The van der Waals surface area contributed by atoms with E-state index in [2.05, 4.69) is 15.2 Å². The van der Waals surface area contributed by atoms with Crippen molar-refractivity contribution in [2.45, 2.75) is 25.2 Å². The van der Waals surface area contributed by atoms with E-state index in [9.17, 15) is 14.9 Å². The summed E-state index contributed by atoms with van der Waals surface area (Å²) in [5.41, 5.74) is 1.21. The van der Waals surface area contributed by atoms with Crippen molar-refractivity contribution >= 4 is 29.0 Å². The molecule has 0 saturated carbocycles. The molecule has 2 aromatic carbocycles. The first-order valence-corrected chi connectivity index (χ1v) is 11.0. The number of para-hydroxylation sites is 1. The highest BCUT2D eigenvalue weighted by Gasteiger charge is 2.39. The van der Waals surface area contributed by atoms with Gasteiger partial charge in [0.2, 0.25) is 30.0 Å². The maximum atomic E-state index is 12.9. The number of anilines is 1. The van der Waals surface area contributed by atoms with E-state index in [4.69, 9.17) is 14.2 Å². The molecule has 3 aromatic rings. The van der Waals surface area contributed by atoms with Gasteiger partial charge < -0.3 is 14.2 Å². The number of benzene rings is 2. The molecule has 11 nitrogen and oxygen atoms in total. The van der Waals surface area contributed by atoms with Gasteiger partial charge in [-0.3, -0.25) is 19.8 Å². The molecule has 0 spiro atoms. The molecule has 0 bridgehead atoms. The fourth-order valence-electron chi connectivity index (χ4n) is 3.75. The van der Waals surface area contributed by atoms with Crippen molar-refractivity contribution < 1.29 is 23.9 Å². The Morgan fingerprint density at radius 3 is 2.73 bits per heavy atom. The second-order valence-electron chi connectivity index (χ2n) is 7.08. The van der Waals surface area contributed by atoms with Crippen LogP contribution in [0.15, 0.2) is 41.6 Å². The summed E-state index contributed by atoms with van der Waals surface area (Å²) in [6.45, 7) is 3.25. The Morgan fingerprint density at radius 2 is 2.00 bits per heavy atom. The number of carbonyl (C=O) groups excluding carboxylic acids is 1. The number of nitrogens with zero attached hydrogens (tertiary/aromatic N) is 5. The fourth-order valence-corrected chi connectivity index (χ4v) is 4.25. The molecule has 2 aliphatic rings. The number of nitro groups is 1. The summed E-state index contributed by atoms with van der Waals surface area (Å²) in [5.74, 6) is 1.02. The van der Waals surface area contributed by atoms with Crippen LogP contribution in [-0.4, -0.2) is 38.6 Å². The van der Waals surface area contributed by atoms with Gasteiger partial charge in [0.05, 0.1) is 22.2 Å². The highest BCUT2D eigenvalue weighted by Crippen LogP contribution is 2.47. The van der Waals surface area contributed by atoms with Crippen LogP contribution in [0.5, 0.6) is 17.4 Å². The van der Waals surface area contributed by atoms with Crippen molar-refractivity contribution in [2.75, 3.05) is 17.4 Å². The van der Waals surface area contributed by atoms with E-state index in [-0.39, 0.29) is 35.6 Å². The number of amides is 1. The van der Waals surface area contributed by atoms with Gasteiger partial charge >= 0.3 is 0 Å². The lowest BCUT2D eigenvalue weighted by Crippen LogP contribution is -2.36. The summed E-state index contributed by atoms with van der Waals surface area (Å²) in [6, 6.07) is 9.77. The number of carbonyl (C=O) groups is 1. The Labute approximate surface area is 191 Å². The smallest absolute Gasteiger partial charge is 0.282 e. The van der Waals surface area contributed by atoms with E-state index in [1.165, 1.54) is 35.7 Å². The average molecular weight is 467 g/mol. The van der Waals surface area contributed by atoms with Crippen molar-refractivity contribution in [2.24, 2.45) is 0 Å². The highest BCUT2D eigenvalue weighted by atomic mass is 32.2. The minimum Gasteiger partial charge on any atom is -0.454 e. The van der Waals surface area contributed by atoms with E-state index >= 15 is 0 Å². The molecule has 3 heterocycles. The number of hydrogen-bond acceptors (Lipinski definition) is 10. The summed E-state index contributed by atoms with van der Waals surface area (Å²) in [4.78, 5) is 30.1. The van der Waals surface area contributed by atoms with Crippen LogP contribution in [0, 0.1) is 10.1 Å². The zero-order valence-corrected chi connectivity index (χ0v) is 18.4. The summed E-state index contributed by atoms with van der Waals surface area (Å²) in [7, 11) is 0. The molecular formula is C21H17N5O6S. The van der Waals surface area contributed by atoms with Crippen molar-refractivity contribution in [1.82, 2.24) is 15.2 Å². The zero-order chi connectivity index (χ0) is 23.1. The molecule has 1 atom stereocenters. The molecule has 0 unspecified atom stereocenters. The van der Waals surface area contributed by atoms with Crippen LogP contribution in [0.4, 0.5) is 11.4 Å². The van der Waals surface area contributed by atoms with Crippen LogP contribution in [0.1, 0.15) is 25.6 Å². The molecule has 0 N–H and O–H groups in total. The highest BCUT2D eigenvalue weighted by molar-refractivity contribution is 7.99. The van der Waals surface area contributed by atoms with E-state index in [1.807, 2.05) is 6.92 Å². The first-order chi connectivity index (χ1) is 16.0. The molecule has 33 heavy (non-hydrogen) atoms. The van der Waals surface area contributed by atoms with Crippen molar-refractivity contribution in [3.63, 3.8) is 0 Å². The van der Waals surface area contributed by atoms with Gasteiger partial charge in [-0.1, -0.05) is 36.9 Å². The van der Waals surface area contributed by atoms with Gasteiger partial charge in [0.1, 0.15) is 0 Å². The van der Waals surface area contributed by atoms with Crippen LogP contribution >= 0.6 is 11.8 Å². The SMILES string of the molecule is CCSc1nnc2c(n1)O[C@@H](c1cc3c(cc1[N+](=O)[O-])OCO3)N(C(C)=O)c1ccccc1-2. The van der Waals surface area contributed by atoms with Crippen LogP contribution in [-0.2, 0) is 4.79 Å². The Morgan fingerprint density at radius 1 is 1.24 bits per heavy atom. The van der Waals surface area contributed by atoms with E-state index in [0.717, 1.165) is 0 Å². The first-order valence-electron chi connectivity index (χ1n) is 9.99. The Bertz CT molecular complexity index is 1290. The summed E-state index contributed by atoms with van der Waals surface area (Å²) in [6.07, 6.45) is -1.21. The van der Waals surface area contributed by atoms with Gasteiger partial charge in [0.15, 0.2) is 17.2 Å². The predicted octanol–water partition coefficient (Wildman–Crippen LogP) is 3.73. The molecule has 12 heteroatoms. The second kappa shape index (κ2) is 8.20. The standard InChI is InChI=1S/C21H17N5O6S/c1-3-33-21-22-19-18(23-24-21)12-6-4-5-7-14(12)25(11(2)27)20(32-19)13-8-16-17(31-10-30-16)9-15(13)26(28)29/h4-9,20H,3,10H2,1-2H3/t20-/m0/s1. The molecule has 0 saturated heterocycles. The number of nitro benzene ring substituents is 1. The first kappa shape index (κ1) is 20.9. The van der Waals surface area contributed by atoms with E-state index < -0.39 is 11.2 Å². The molecule has 168 valence electrons. The van der Waals surface area contributed by atoms with Gasteiger partial charge in [-0.2, -0.15) is 4.98 Å². The molecule has 1 aromatic heterocycles. The number of fused-ring (bicyclic) bond motifs is 4. The number of rotatable bonds is 4. The monoisotopic (exact) mass is 467 g/mol. The minimum atomic E-state index is -1.21. The lowest BCUT2D eigenvalue weighted by Gasteiger charge is -2.29. The lowest BCUT2D eigenvalue weighted by atomic mass is 10.1. The third-order valence-corrected chi connectivity index (χ3v) is 5.83. The van der Waals surface area contributed by atoms with Crippen LogP contribution in [0.3, 0.4) is 0 Å². The zero-order valence-electron chi connectivity index (χ0n) is 17.5. The van der Waals surface area contributed by atoms with E-state index in [0.29, 0.717) is 33.6 Å². The van der Waals surface area contributed by atoms with Crippen molar-refractivity contribution in [3.8, 4) is 28.6 Å². The predicted molar refractivity (Wildman–Crippen MR) is 117 cm³/mol. The van der Waals surface area contributed by atoms with Gasteiger partial charge in [0.25, 0.3) is 5.69 Å². The number of thioether (sulfide) groups is 1. The molecule has 0 fully saturated rings. The van der Waals surface area contributed by atoms with Gasteiger partial charge in [0, 0.05) is 12.5 Å². The second-order valence-corrected chi connectivity index (χ2v) is 8.31. The van der Waals surface area contributed by atoms with E-state index in [1.54, 1.807) is 24.3 Å². The topological polar surface area (TPSA) is 130 Å².